The summed E-state index contributed by atoms with van der Waals surface area (Å²) in [5.74, 6) is -0.209. The van der Waals surface area contributed by atoms with Gasteiger partial charge in [0.25, 0.3) is 0 Å². The maximum Gasteiger partial charge on any atom is 0.406 e. The van der Waals surface area contributed by atoms with E-state index in [1.807, 2.05) is 6.92 Å². The Balaban J connectivity index is 2.97. The predicted octanol–water partition coefficient (Wildman–Crippen LogP) is 2.96. The summed E-state index contributed by atoms with van der Waals surface area (Å²) in [5, 5.41) is 2.51. The third-order valence-corrected chi connectivity index (χ3v) is 3.81. The maximum absolute atomic E-state index is 13.0. The number of alkyl halides is 3. The van der Waals surface area contributed by atoms with Crippen LogP contribution in [0.25, 0.3) is 0 Å². The van der Waals surface area contributed by atoms with Crippen LogP contribution < -0.4 is 5.32 Å². The molecule has 0 aromatic rings. The summed E-state index contributed by atoms with van der Waals surface area (Å²) in [4.78, 5) is 0. The van der Waals surface area contributed by atoms with E-state index in [1.54, 1.807) is 6.92 Å². The maximum atomic E-state index is 13.0. The Morgan fingerprint density at radius 2 is 1.86 bits per heavy atom. The minimum absolute atomic E-state index is 0.137. The van der Waals surface area contributed by atoms with Gasteiger partial charge in [-0.2, -0.15) is 13.2 Å². The van der Waals surface area contributed by atoms with Crippen LogP contribution in [-0.4, -0.2) is 18.8 Å². The van der Waals surface area contributed by atoms with Crippen molar-refractivity contribution in [2.45, 2.75) is 44.8 Å². The van der Waals surface area contributed by atoms with Gasteiger partial charge in [0, 0.05) is 0 Å². The minimum atomic E-state index is -4.14. The number of halogens is 3. The van der Waals surface area contributed by atoms with E-state index in [0.29, 0.717) is 6.42 Å². The Hall–Kier alpha value is -0.250. The summed E-state index contributed by atoms with van der Waals surface area (Å²) < 4.78 is 38.9. The molecule has 1 saturated carbocycles. The zero-order valence-electron chi connectivity index (χ0n) is 8.91. The SMILES string of the molecule is CNC1(C(F)(F)F)CCCC(C)C1C. The average Bonchev–Trinajstić information content (AvgIpc) is 2.08. The summed E-state index contributed by atoms with van der Waals surface area (Å²) in [6, 6.07) is 0. The molecule has 1 fully saturated rings. The largest absolute Gasteiger partial charge is 0.406 e. The summed E-state index contributed by atoms with van der Waals surface area (Å²) in [6.45, 7) is 3.61. The lowest BCUT2D eigenvalue weighted by molar-refractivity contribution is -0.223. The molecule has 0 heterocycles. The topological polar surface area (TPSA) is 12.0 Å². The van der Waals surface area contributed by atoms with Gasteiger partial charge in [-0.25, -0.2) is 0 Å². The highest BCUT2D eigenvalue weighted by atomic mass is 19.4. The Morgan fingerprint density at radius 3 is 2.21 bits per heavy atom. The van der Waals surface area contributed by atoms with E-state index < -0.39 is 11.7 Å². The van der Waals surface area contributed by atoms with Crippen LogP contribution in [0, 0.1) is 11.8 Å². The number of hydrogen-bond acceptors (Lipinski definition) is 1. The van der Waals surface area contributed by atoms with Gasteiger partial charge < -0.3 is 5.32 Å². The van der Waals surface area contributed by atoms with E-state index in [9.17, 15) is 13.2 Å². The van der Waals surface area contributed by atoms with Crippen molar-refractivity contribution in [2.75, 3.05) is 7.05 Å². The second-order valence-electron chi connectivity index (χ2n) is 4.38. The lowest BCUT2D eigenvalue weighted by Gasteiger charge is -2.46. The molecule has 0 aromatic heterocycles. The molecule has 1 aliphatic rings. The highest BCUT2D eigenvalue weighted by Crippen LogP contribution is 2.46. The number of nitrogens with one attached hydrogen (secondary N) is 1. The first-order chi connectivity index (χ1) is 6.35. The van der Waals surface area contributed by atoms with Crippen molar-refractivity contribution in [3.8, 4) is 0 Å². The van der Waals surface area contributed by atoms with Crippen LogP contribution in [0.15, 0.2) is 0 Å². The van der Waals surface area contributed by atoms with Crippen molar-refractivity contribution in [1.29, 1.82) is 0 Å². The Kier molecular flexibility index (Phi) is 3.14. The molecule has 0 aromatic carbocycles. The van der Waals surface area contributed by atoms with Crippen LogP contribution in [0.5, 0.6) is 0 Å². The molecule has 0 bridgehead atoms. The third-order valence-electron chi connectivity index (χ3n) is 3.81. The van der Waals surface area contributed by atoms with Crippen LogP contribution in [0.4, 0.5) is 13.2 Å². The molecular formula is C10H18F3N. The minimum Gasteiger partial charge on any atom is -0.306 e. The van der Waals surface area contributed by atoms with Gasteiger partial charge in [-0.05, 0) is 25.3 Å². The van der Waals surface area contributed by atoms with Gasteiger partial charge in [0.2, 0.25) is 0 Å². The van der Waals surface area contributed by atoms with Crippen LogP contribution >= 0.6 is 0 Å². The average molecular weight is 209 g/mol. The smallest absolute Gasteiger partial charge is 0.306 e. The highest BCUT2D eigenvalue weighted by Gasteiger charge is 2.58. The number of hydrogen-bond donors (Lipinski definition) is 1. The van der Waals surface area contributed by atoms with Gasteiger partial charge in [0.1, 0.15) is 5.54 Å². The van der Waals surface area contributed by atoms with Crippen molar-refractivity contribution < 1.29 is 13.2 Å². The molecule has 14 heavy (non-hydrogen) atoms. The van der Waals surface area contributed by atoms with E-state index >= 15 is 0 Å². The monoisotopic (exact) mass is 209 g/mol. The van der Waals surface area contributed by atoms with Crippen LogP contribution in [-0.2, 0) is 0 Å². The van der Waals surface area contributed by atoms with Crippen LogP contribution in [0.2, 0.25) is 0 Å². The lowest BCUT2D eigenvalue weighted by Crippen LogP contribution is -2.62. The van der Waals surface area contributed by atoms with E-state index in [2.05, 4.69) is 5.32 Å². The molecule has 0 amide bonds. The van der Waals surface area contributed by atoms with Crippen LogP contribution in [0.1, 0.15) is 33.1 Å². The van der Waals surface area contributed by atoms with Gasteiger partial charge in [0.05, 0.1) is 0 Å². The van der Waals surface area contributed by atoms with Gasteiger partial charge in [-0.1, -0.05) is 26.7 Å². The fraction of sp³-hybridized carbons (Fsp3) is 1.00. The molecule has 3 atom stereocenters. The molecule has 3 unspecified atom stereocenters. The van der Waals surface area contributed by atoms with Crippen molar-refractivity contribution in [2.24, 2.45) is 11.8 Å². The van der Waals surface area contributed by atoms with Crippen molar-refractivity contribution in [1.82, 2.24) is 5.32 Å². The zero-order chi connectivity index (χ0) is 11.0. The first-order valence-corrected chi connectivity index (χ1v) is 5.11. The fourth-order valence-corrected chi connectivity index (χ4v) is 2.56. The van der Waals surface area contributed by atoms with Crippen molar-refractivity contribution >= 4 is 0 Å². The Labute approximate surface area is 83.1 Å². The quantitative estimate of drug-likeness (QED) is 0.700. The van der Waals surface area contributed by atoms with E-state index in [4.69, 9.17) is 0 Å². The molecule has 0 radical (unpaired) electrons. The third kappa shape index (κ3) is 1.64. The Morgan fingerprint density at radius 1 is 1.29 bits per heavy atom. The zero-order valence-corrected chi connectivity index (χ0v) is 8.91. The lowest BCUT2D eigenvalue weighted by atomic mass is 9.68. The summed E-state index contributed by atoms with van der Waals surface area (Å²) in [5.41, 5.74) is -1.66. The summed E-state index contributed by atoms with van der Waals surface area (Å²) in [6.07, 6.45) is -2.37. The molecule has 0 spiro atoms. The Bertz CT molecular complexity index is 202. The molecule has 4 heteroatoms. The molecular weight excluding hydrogens is 191 g/mol. The predicted molar refractivity (Wildman–Crippen MR) is 50.0 cm³/mol. The van der Waals surface area contributed by atoms with Crippen LogP contribution in [0.3, 0.4) is 0 Å². The van der Waals surface area contributed by atoms with Gasteiger partial charge in [-0.15, -0.1) is 0 Å². The molecule has 1 aliphatic carbocycles. The normalized spacial score (nSPS) is 39.9. The van der Waals surface area contributed by atoms with E-state index in [1.165, 1.54) is 7.05 Å². The fourth-order valence-electron chi connectivity index (χ4n) is 2.56. The summed E-state index contributed by atoms with van der Waals surface area (Å²) >= 11 is 0. The second kappa shape index (κ2) is 3.72. The van der Waals surface area contributed by atoms with Crippen molar-refractivity contribution in [3.05, 3.63) is 0 Å². The molecule has 1 N–H and O–H groups in total. The molecule has 0 aliphatic heterocycles. The van der Waals surface area contributed by atoms with Gasteiger partial charge in [-0.3, -0.25) is 0 Å². The second-order valence-corrected chi connectivity index (χ2v) is 4.38. The van der Waals surface area contributed by atoms with E-state index in [-0.39, 0.29) is 18.3 Å². The van der Waals surface area contributed by atoms with E-state index in [0.717, 1.165) is 6.42 Å². The first-order valence-electron chi connectivity index (χ1n) is 5.11. The highest BCUT2D eigenvalue weighted by molar-refractivity contribution is 5.02. The standard InChI is InChI=1S/C10H18F3N/c1-7-5-4-6-9(14-3,8(7)2)10(11,12)13/h7-8,14H,4-6H2,1-3H3. The van der Waals surface area contributed by atoms with Crippen molar-refractivity contribution in [3.63, 3.8) is 0 Å². The van der Waals surface area contributed by atoms with Gasteiger partial charge in [0.15, 0.2) is 0 Å². The molecule has 1 rings (SSSR count). The molecule has 84 valence electrons. The first kappa shape index (κ1) is 11.8. The molecule has 1 nitrogen and oxygen atoms in total. The molecule has 0 saturated heterocycles. The van der Waals surface area contributed by atoms with Gasteiger partial charge >= 0.3 is 6.18 Å². The summed E-state index contributed by atoms with van der Waals surface area (Å²) in [7, 11) is 1.42. The number of rotatable bonds is 1.